The molecule has 1 heterocycles. The maximum atomic E-state index is 10.4. The first-order valence-corrected chi connectivity index (χ1v) is 7.21. The van der Waals surface area contributed by atoms with Crippen molar-refractivity contribution >= 4 is 23.1 Å². The molecule has 0 aliphatic carbocycles. The summed E-state index contributed by atoms with van der Waals surface area (Å²) in [5, 5.41) is 49.1. The standard InChI is InChI=1S/C9H11NO.C6H3N3O7/c1-8(11)5-6-9-4-2-3-7-10-9;10-6-4(8(13)14)1-3(7(11)12)2-5(6)9(15)16/h2-8,11H,1H3;1-2,10H. The molecule has 12 heteroatoms. The van der Waals surface area contributed by atoms with E-state index in [4.69, 9.17) is 10.2 Å². The molecule has 2 aromatic rings. The second-order valence-corrected chi connectivity index (χ2v) is 4.96. The quantitative estimate of drug-likeness (QED) is 0.583. The first-order valence-electron chi connectivity index (χ1n) is 7.21. The minimum Gasteiger partial charge on any atom is -0.497 e. The minimum atomic E-state index is -1.21. The third kappa shape index (κ3) is 6.47. The van der Waals surface area contributed by atoms with Crippen molar-refractivity contribution in [2.75, 3.05) is 0 Å². The summed E-state index contributed by atoms with van der Waals surface area (Å²) in [5.41, 5.74) is -2.13. The fraction of sp³-hybridized carbons (Fsp3) is 0.133. The molecule has 1 atom stereocenters. The van der Waals surface area contributed by atoms with E-state index in [1.165, 1.54) is 0 Å². The molecule has 0 aliphatic rings. The maximum absolute atomic E-state index is 10.4. The number of rotatable bonds is 5. The van der Waals surface area contributed by atoms with Crippen molar-refractivity contribution in [2.24, 2.45) is 0 Å². The van der Waals surface area contributed by atoms with Crippen LogP contribution < -0.4 is 0 Å². The van der Waals surface area contributed by atoms with Gasteiger partial charge in [0.05, 0.1) is 38.7 Å². The van der Waals surface area contributed by atoms with Crippen molar-refractivity contribution in [2.45, 2.75) is 13.0 Å². The zero-order valence-corrected chi connectivity index (χ0v) is 13.8. The number of aliphatic hydroxyl groups is 1. The smallest absolute Gasteiger partial charge is 0.324 e. The molecular formula is C15H14N4O8. The van der Waals surface area contributed by atoms with Gasteiger partial charge >= 0.3 is 11.4 Å². The predicted molar refractivity (Wildman–Crippen MR) is 93.0 cm³/mol. The average molecular weight is 378 g/mol. The van der Waals surface area contributed by atoms with Gasteiger partial charge in [-0.25, -0.2) is 0 Å². The largest absolute Gasteiger partial charge is 0.497 e. The Bertz CT molecular complexity index is 832. The molecule has 0 aliphatic heterocycles. The lowest BCUT2D eigenvalue weighted by Crippen LogP contribution is -1.97. The van der Waals surface area contributed by atoms with Crippen molar-refractivity contribution < 1.29 is 25.0 Å². The summed E-state index contributed by atoms with van der Waals surface area (Å²) in [4.78, 5) is 31.8. The van der Waals surface area contributed by atoms with E-state index in [1.807, 2.05) is 18.2 Å². The molecule has 0 bridgehead atoms. The summed E-state index contributed by atoms with van der Waals surface area (Å²) in [6.07, 6.45) is 4.81. The van der Waals surface area contributed by atoms with Gasteiger partial charge in [-0.3, -0.25) is 35.3 Å². The van der Waals surface area contributed by atoms with E-state index in [9.17, 15) is 30.3 Å². The number of benzene rings is 1. The maximum Gasteiger partial charge on any atom is 0.324 e. The van der Waals surface area contributed by atoms with Crippen LogP contribution in [0.15, 0.2) is 42.6 Å². The van der Waals surface area contributed by atoms with Crippen LogP contribution in [-0.2, 0) is 0 Å². The summed E-state index contributed by atoms with van der Waals surface area (Å²) >= 11 is 0. The van der Waals surface area contributed by atoms with E-state index in [1.54, 1.807) is 25.3 Å². The SMILES string of the molecule is CC(O)C=Cc1ccccn1.O=[N+]([O-])c1cc([N+](=O)[O-])c(O)c([N+](=O)[O-])c1. The molecule has 2 N–H and O–H groups in total. The fourth-order valence-electron chi connectivity index (χ4n) is 1.69. The van der Waals surface area contributed by atoms with Crippen LogP contribution in [-0.4, -0.2) is 36.1 Å². The van der Waals surface area contributed by atoms with E-state index < -0.39 is 43.7 Å². The van der Waals surface area contributed by atoms with E-state index in [-0.39, 0.29) is 0 Å². The molecule has 12 nitrogen and oxygen atoms in total. The second-order valence-electron chi connectivity index (χ2n) is 4.96. The van der Waals surface area contributed by atoms with Crippen LogP contribution in [0.4, 0.5) is 17.1 Å². The molecule has 142 valence electrons. The topological polar surface area (TPSA) is 183 Å². The molecule has 0 radical (unpaired) electrons. The normalized spacial score (nSPS) is 11.3. The number of nitro benzene ring substituents is 3. The van der Waals surface area contributed by atoms with Crippen molar-refractivity contribution in [3.63, 3.8) is 0 Å². The van der Waals surface area contributed by atoms with Gasteiger partial charge in [0.2, 0.25) is 0 Å². The van der Waals surface area contributed by atoms with Gasteiger partial charge in [0, 0.05) is 6.20 Å². The average Bonchev–Trinajstić information content (AvgIpc) is 2.60. The van der Waals surface area contributed by atoms with E-state index >= 15 is 0 Å². The van der Waals surface area contributed by atoms with Gasteiger partial charge in [0.25, 0.3) is 11.4 Å². The molecule has 1 aromatic heterocycles. The Morgan fingerprint density at radius 3 is 1.96 bits per heavy atom. The van der Waals surface area contributed by atoms with Gasteiger partial charge in [0.15, 0.2) is 0 Å². The van der Waals surface area contributed by atoms with Crippen LogP contribution >= 0.6 is 0 Å². The Hall–Kier alpha value is -3.93. The second kappa shape index (κ2) is 9.53. The van der Waals surface area contributed by atoms with Crippen LogP contribution in [0.1, 0.15) is 12.6 Å². The number of nitro groups is 3. The molecule has 0 saturated carbocycles. The highest BCUT2D eigenvalue weighted by Crippen LogP contribution is 2.38. The summed E-state index contributed by atoms with van der Waals surface area (Å²) < 4.78 is 0. The fourth-order valence-corrected chi connectivity index (χ4v) is 1.69. The van der Waals surface area contributed by atoms with Crippen LogP contribution in [0.2, 0.25) is 0 Å². The molecule has 0 amide bonds. The molecular weight excluding hydrogens is 364 g/mol. The van der Waals surface area contributed by atoms with Crippen LogP contribution in [0.3, 0.4) is 0 Å². The Balaban J connectivity index is 0.000000289. The highest BCUT2D eigenvalue weighted by molar-refractivity contribution is 5.64. The third-order valence-corrected chi connectivity index (χ3v) is 2.89. The first kappa shape index (κ1) is 21.1. The summed E-state index contributed by atoms with van der Waals surface area (Å²) in [5.74, 6) is -1.21. The van der Waals surface area contributed by atoms with Crippen LogP contribution in [0, 0.1) is 30.3 Å². The zero-order chi connectivity index (χ0) is 20.6. The van der Waals surface area contributed by atoms with Gasteiger partial charge in [0.1, 0.15) is 0 Å². The lowest BCUT2D eigenvalue weighted by Gasteiger charge is -1.97. The molecule has 1 unspecified atom stereocenters. The number of non-ortho nitro benzene ring substituents is 1. The molecule has 27 heavy (non-hydrogen) atoms. The van der Waals surface area contributed by atoms with Crippen molar-refractivity contribution in [3.05, 3.63) is 78.6 Å². The molecule has 1 aromatic carbocycles. The number of hydrogen-bond donors (Lipinski definition) is 2. The summed E-state index contributed by atoms with van der Waals surface area (Å²) in [6.45, 7) is 1.71. The number of phenolic OH excluding ortho intramolecular Hbond substituents is 1. The Labute approximate surface area is 151 Å². The monoisotopic (exact) mass is 378 g/mol. The predicted octanol–water partition coefficient (Wildman–Crippen LogP) is 2.59. The summed E-state index contributed by atoms with van der Waals surface area (Å²) in [7, 11) is 0. The lowest BCUT2D eigenvalue weighted by molar-refractivity contribution is -0.404. The Morgan fingerprint density at radius 2 is 1.59 bits per heavy atom. The minimum absolute atomic E-state index is 0.406. The van der Waals surface area contributed by atoms with Gasteiger partial charge < -0.3 is 10.2 Å². The lowest BCUT2D eigenvalue weighted by atomic mass is 10.2. The highest BCUT2D eigenvalue weighted by atomic mass is 16.6. The molecule has 0 spiro atoms. The van der Waals surface area contributed by atoms with E-state index in [0.29, 0.717) is 12.1 Å². The first-order chi connectivity index (χ1) is 12.6. The number of nitrogens with zero attached hydrogens (tertiary/aromatic N) is 4. The van der Waals surface area contributed by atoms with Gasteiger partial charge in [-0.2, -0.15) is 0 Å². The Morgan fingerprint density at radius 1 is 1.04 bits per heavy atom. The van der Waals surface area contributed by atoms with Gasteiger partial charge in [-0.15, -0.1) is 0 Å². The van der Waals surface area contributed by atoms with E-state index in [2.05, 4.69) is 4.98 Å². The van der Waals surface area contributed by atoms with Crippen LogP contribution in [0.5, 0.6) is 5.75 Å². The molecule has 0 fully saturated rings. The van der Waals surface area contributed by atoms with Crippen molar-refractivity contribution in [1.82, 2.24) is 4.98 Å². The van der Waals surface area contributed by atoms with Crippen molar-refractivity contribution in [1.29, 1.82) is 0 Å². The molecule has 2 rings (SSSR count). The number of phenols is 1. The highest BCUT2D eigenvalue weighted by Gasteiger charge is 2.30. The van der Waals surface area contributed by atoms with Crippen molar-refractivity contribution in [3.8, 4) is 5.75 Å². The molecule has 0 saturated heterocycles. The number of aliphatic hydroxyl groups excluding tert-OH is 1. The third-order valence-electron chi connectivity index (χ3n) is 2.89. The Kier molecular flexibility index (Phi) is 7.45. The number of hydrogen-bond acceptors (Lipinski definition) is 9. The number of aromatic nitrogens is 1. The van der Waals surface area contributed by atoms with Gasteiger partial charge in [-0.1, -0.05) is 12.1 Å². The van der Waals surface area contributed by atoms with E-state index in [0.717, 1.165) is 5.69 Å². The summed E-state index contributed by atoms with van der Waals surface area (Å²) in [6, 6.07) is 6.55. The number of pyridine rings is 1. The van der Waals surface area contributed by atoms with Crippen LogP contribution in [0.25, 0.3) is 6.08 Å². The zero-order valence-electron chi connectivity index (χ0n) is 13.8. The number of aromatic hydroxyl groups is 1. The van der Waals surface area contributed by atoms with Gasteiger partial charge in [-0.05, 0) is 25.1 Å².